The SMILES string of the molecule is C/C(=N/O)c1ccccc1OCc1cc(F)cc(C#N)c1. The van der Waals surface area contributed by atoms with Crippen molar-refractivity contribution in [2.45, 2.75) is 13.5 Å². The van der Waals surface area contributed by atoms with E-state index in [0.717, 1.165) is 0 Å². The normalized spacial score (nSPS) is 11.0. The summed E-state index contributed by atoms with van der Waals surface area (Å²) >= 11 is 0. The average Bonchev–Trinajstić information content (AvgIpc) is 2.51. The molecule has 1 N–H and O–H groups in total. The lowest BCUT2D eigenvalue weighted by Gasteiger charge is -2.11. The fourth-order valence-electron chi connectivity index (χ4n) is 1.90. The Kier molecular flexibility index (Phi) is 4.52. The zero-order valence-electron chi connectivity index (χ0n) is 11.4. The van der Waals surface area contributed by atoms with Crippen LogP contribution in [0.1, 0.15) is 23.6 Å². The second-order valence-electron chi connectivity index (χ2n) is 4.43. The second kappa shape index (κ2) is 6.53. The Morgan fingerprint density at radius 2 is 2.10 bits per heavy atom. The molecular weight excluding hydrogens is 271 g/mol. The lowest BCUT2D eigenvalue weighted by atomic mass is 10.1. The molecule has 2 rings (SSSR count). The van der Waals surface area contributed by atoms with Crippen molar-refractivity contribution in [1.29, 1.82) is 5.26 Å². The molecule has 4 nitrogen and oxygen atoms in total. The third kappa shape index (κ3) is 3.57. The van der Waals surface area contributed by atoms with E-state index in [1.807, 2.05) is 6.07 Å². The summed E-state index contributed by atoms with van der Waals surface area (Å²) in [4.78, 5) is 0. The second-order valence-corrected chi connectivity index (χ2v) is 4.43. The molecule has 0 bridgehead atoms. The average molecular weight is 284 g/mol. The van der Waals surface area contributed by atoms with Gasteiger partial charge in [-0.05, 0) is 42.8 Å². The van der Waals surface area contributed by atoms with Crippen molar-refractivity contribution >= 4 is 5.71 Å². The molecule has 106 valence electrons. The number of para-hydroxylation sites is 1. The molecule has 2 aromatic carbocycles. The number of oxime groups is 1. The molecule has 0 atom stereocenters. The zero-order chi connectivity index (χ0) is 15.2. The van der Waals surface area contributed by atoms with Gasteiger partial charge in [-0.2, -0.15) is 5.26 Å². The molecular formula is C16H13FN2O2. The Bertz CT molecular complexity index is 720. The van der Waals surface area contributed by atoms with Crippen molar-refractivity contribution in [2.75, 3.05) is 0 Å². The predicted molar refractivity (Wildman–Crippen MR) is 75.9 cm³/mol. The summed E-state index contributed by atoms with van der Waals surface area (Å²) in [6.45, 7) is 1.76. The van der Waals surface area contributed by atoms with Crippen LogP contribution in [0.5, 0.6) is 5.75 Å². The summed E-state index contributed by atoms with van der Waals surface area (Å²) in [7, 11) is 0. The monoisotopic (exact) mass is 284 g/mol. The van der Waals surface area contributed by atoms with Gasteiger partial charge < -0.3 is 9.94 Å². The van der Waals surface area contributed by atoms with E-state index < -0.39 is 5.82 Å². The molecule has 5 heteroatoms. The molecule has 0 unspecified atom stereocenters. The van der Waals surface area contributed by atoms with E-state index in [2.05, 4.69) is 5.16 Å². The maximum Gasteiger partial charge on any atom is 0.128 e. The van der Waals surface area contributed by atoms with E-state index in [1.165, 1.54) is 12.1 Å². The van der Waals surface area contributed by atoms with Gasteiger partial charge >= 0.3 is 0 Å². The Morgan fingerprint density at radius 3 is 2.81 bits per heavy atom. The molecule has 0 aromatic heterocycles. The highest BCUT2D eigenvalue weighted by atomic mass is 19.1. The van der Waals surface area contributed by atoms with Gasteiger partial charge in [0.2, 0.25) is 0 Å². The molecule has 0 saturated heterocycles. The van der Waals surface area contributed by atoms with Crippen molar-refractivity contribution in [1.82, 2.24) is 0 Å². The first-order valence-electron chi connectivity index (χ1n) is 6.24. The first-order chi connectivity index (χ1) is 10.1. The van der Waals surface area contributed by atoms with Crippen molar-refractivity contribution in [3.63, 3.8) is 0 Å². The van der Waals surface area contributed by atoms with Crippen molar-refractivity contribution in [3.05, 3.63) is 65.0 Å². The van der Waals surface area contributed by atoms with Crippen molar-refractivity contribution in [2.24, 2.45) is 5.16 Å². The Balaban J connectivity index is 2.21. The fourth-order valence-corrected chi connectivity index (χ4v) is 1.90. The molecule has 0 radical (unpaired) electrons. The standard InChI is InChI=1S/C16H13FN2O2/c1-11(19-20)15-4-2-3-5-16(15)21-10-13-6-12(9-18)7-14(17)8-13/h2-8,20H,10H2,1H3/b19-11-. The number of hydrogen-bond donors (Lipinski definition) is 1. The molecule has 0 saturated carbocycles. The number of ether oxygens (including phenoxy) is 1. The highest BCUT2D eigenvalue weighted by molar-refractivity contribution is 6.00. The summed E-state index contributed by atoms with van der Waals surface area (Å²) in [5.74, 6) is 0.0459. The van der Waals surface area contributed by atoms with E-state index >= 15 is 0 Å². The molecule has 0 aliphatic rings. The fraction of sp³-hybridized carbons (Fsp3) is 0.125. The van der Waals surface area contributed by atoms with Gasteiger partial charge in [-0.3, -0.25) is 0 Å². The Hall–Kier alpha value is -2.87. The van der Waals surface area contributed by atoms with E-state index in [1.54, 1.807) is 37.3 Å². The van der Waals surface area contributed by atoms with Gasteiger partial charge in [-0.1, -0.05) is 17.3 Å². The van der Waals surface area contributed by atoms with Crippen LogP contribution >= 0.6 is 0 Å². The highest BCUT2D eigenvalue weighted by Gasteiger charge is 2.08. The number of halogens is 1. The predicted octanol–water partition coefficient (Wildman–Crippen LogP) is 3.47. The van der Waals surface area contributed by atoms with Gasteiger partial charge in [0.25, 0.3) is 0 Å². The zero-order valence-corrected chi connectivity index (χ0v) is 11.4. The summed E-state index contributed by atoms with van der Waals surface area (Å²) in [6.07, 6.45) is 0. The van der Waals surface area contributed by atoms with E-state index in [4.69, 9.17) is 15.2 Å². The van der Waals surface area contributed by atoms with Gasteiger partial charge in [0.15, 0.2) is 0 Å². The number of benzene rings is 2. The molecule has 0 heterocycles. The van der Waals surface area contributed by atoms with Crippen LogP contribution in [0.25, 0.3) is 0 Å². The minimum atomic E-state index is -0.478. The molecule has 0 fully saturated rings. The molecule has 0 amide bonds. The molecule has 21 heavy (non-hydrogen) atoms. The van der Waals surface area contributed by atoms with Gasteiger partial charge in [-0.15, -0.1) is 0 Å². The Labute approximate surface area is 121 Å². The molecule has 0 aliphatic heterocycles. The maximum absolute atomic E-state index is 13.3. The summed E-state index contributed by atoms with van der Waals surface area (Å²) < 4.78 is 19.0. The summed E-state index contributed by atoms with van der Waals surface area (Å²) in [6, 6.07) is 13.0. The lowest BCUT2D eigenvalue weighted by Crippen LogP contribution is -2.03. The van der Waals surface area contributed by atoms with Crippen LogP contribution in [0, 0.1) is 17.1 Å². The minimum absolute atomic E-state index is 0.113. The summed E-state index contributed by atoms with van der Waals surface area (Å²) in [5.41, 5.74) is 1.87. The van der Waals surface area contributed by atoms with E-state index in [9.17, 15) is 4.39 Å². The Morgan fingerprint density at radius 1 is 1.33 bits per heavy atom. The van der Waals surface area contributed by atoms with Crippen LogP contribution in [0.2, 0.25) is 0 Å². The van der Waals surface area contributed by atoms with Gasteiger partial charge in [-0.25, -0.2) is 4.39 Å². The van der Waals surface area contributed by atoms with Crippen LogP contribution < -0.4 is 4.74 Å². The van der Waals surface area contributed by atoms with Crippen LogP contribution in [0.4, 0.5) is 4.39 Å². The number of rotatable bonds is 4. The maximum atomic E-state index is 13.3. The third-order valence-electron chi connectivity index (χ3n) is 2.91. The lowest BCUT2D eigenvalue weighted by molar-refractivity contribution is 0.302. The van der Waals surface area contributed by atoms with Crippen LogP contribution in [0.15, 0.2) is 47.6 Å². The highest BCUT2D eigenvalue weighted by Crippen LogP contribution is 2.20. The van der Waals surface area contributed by atoms with Crippen LogP contribution in [-0.2, 0) is 6.61 Å². The van der Waals surface area contributed by atoms with Crippen molar-refractivity contribution in [3.8, 4) is 11.8 Å². The summed E-state index contributed by atoms with van der Waals surface area (Å²) in [5, 5.41) is 20.8. The topological polar surface area (TPSA) is 65.6 Å². The van der Waals surface area contributed by atoms with Crippen molar-refractivity contribution < 1.29 is 14.3 Å². The van der Waals surface area contributed by atoms with E-state index in [-0.39, 0.29) is 12.2 Å². The number of nitriles is 1. The number of hydrogen-bond acceptors (Lipinski definition) is 4. The van der Waals surface area contributed by atoms with Gasteiger partial charge in [0, 0.05) is 5.56 Å². The molecule has 0 spiro atoms. The quantitative estimate of drug-likeness (QED) is 0.531. The molecule has 2 aromatic rings. The third-order valence-corrected chi connectivity index (χ3v) is 2.91. The largest absolute Gasteiger partial charge is 0.488 e. The van der Waals surface area contributed by atoms with Gasteiger partial charge in [0.1, 0.15) is 18.2 Å². The molecule has 0 aliphatic carbocycles. The first kappa shape index (κ1) is 14.5. The smallest absolute Gasteiger partial charge is 0.128 e. The van der Waals surface area contributed by atoms with Crippen LogP contribution in [-0.4, -0.2) is 10.9 Å². The minimum Gasteiger partial charge on any atom is -0.488 e. The van der Waals surface area contributed by atoms with Crippen LogP contribution in [0.3, 0.4) is 0 Å². The van der Waals surface area contributed by atoms with E-state index in [0.29, 0.717) is 22.6 Å². The van der Waals surface area contributed by atoms with Gasteiger partial charge in [0.05, 0.1) is 17.3 Å². The first-order valence-corrected chi connectivity index (χ1v) is 6.24. The number of nitrogens with zero attached hydrogens (tertiary/aromatic N) is 2.